The third kappa shape index (κ3) is 2.71. The molecule has 88 valence electrons. The Hall–Kier alpha value is -1.13. The molecule has 1 aliphatic rings. The van der Waals surface area contributed by atoms with E-state index in [0.29, 0.717) is 12.3 Å². The fourth-order valence-electron chi connectivity index (χ4n) is 2.24. The lowest BCUT2D eigenvalue weighted by atomic mass is 10.2. The summed E-state index contributed by atoms with van der Waals surface area (Å²) in [5.41, 5.74) is 0. The molecule has 0 amide bonds. The number of hydrogen-bond acceptors (Lipinski definition) is 2. The van der Waals surface area contributed by atoms with Crippen LogP contribution in [0.2, 0.25) is 0 Å². The lowest BCUT2D eigenvalue weighted by molar-refractivity contribution is -1.01. The van der Waals surface area contributed by atoms with Gasteiger partial charge in [0.15, 0.2) is 5.76 Å². The third-order valence-electron chi connectivity index (χ3n) is 3.37. The van der Waals surface area contributed by atoms with E-state index in [2.05, 4.69) is 6.92 Å². The van der Waals surface area contributed by atoms with Gasteiger partial charge in [-0.3, -0.25) is 4.79 Å². The van der Waals surface area contributed by atoms with Gasteiger partial charge >= 0.3 is 0 Å². The number of Topliss-reactive ketones (excluding diaryl/α,β-unsaturated/α-hetero) is 1. The van der Waals surface area contributed by atoms with E-state index in [1.165, 1.54) is 24.5 Å². The summed E-state index contributed by atoms with van der Waals surface area (Å²) in [6, 6.07) is 3.51. The highest BCUT2D eigenvalue weighted by Crippen LogP contribution is 1.99. The molecular weight excluding hydrogens is 204 g/mol. The molecule has 0 radical (unpaired) electrons. The molecule has 0 aliphatic carbocycles. The number of carbonyl (C=O) groups is 1. The molecule has 1 fully saturated rings. The summed E-state index contributed by atoms with van der Waals surface area (Å²) in [5.74, 6) is 0.623. The van der Waals surface area contributed by atoms with Crippen LogP contribution in [-0.2, 0) is 0 Å². The molecule has 1 aromatic heterocycles. The Labute approximate surface area is 95.8 Å². The van der Waals surface area contributed by atoms with Gasteiger partial charge in [0, 0.05) is 0 Å². The number of carbonyl (C=O) groups excluding carboxylic acids is 1. The molecule has 1 aromatic rings. The first-order valence-electron chi connectivity index (χ1n) is 6.03. The monoisotopic (exact) mass is 224 g/mol. The number of likely N-dealkylation sites (N-methyl/N-ethyl adjacent to an activating group) is 1. The Balaban J connectivity index is 1.81. The number of furan rings is 1. The number of nitrogens with one attached hydrogen (secondary N) is 2. The zero-order chi connectivity index (χ0) is 11.4. The van der Waals surface area contributed by atoms with E-state index in [1.807, 2.05) is 0 Å². The van der Waals surface area contributed by atoms with Crippen LogP contribution in [0.25, 0.3) is 0 Å². The van der Waals surface area contributed by atoms with E-state index < -0.39 is 0 Å². The van der Waals surface area contributed by atoms with Gasteiger partial charge in [0.05, 0.1) is 12.8 Å². The Morgan fingerprint density at radius 3 is 2.56 bits per heavy atom. The van der Waals surface area contributed by atoms with Crippen molar-refractivity contribution in [2.75, 3.05) is 39.3 Å². The Bertz CT molecular complexity index is 327. The van der Waals surface area contributed by atoms with Gasteiger partial charge in [-0.15, -0.1) is 0 Å². The van der Waals surface area contributed by atoms with Crippen LogP contribution < -0.4 is 9.80 Å². The lowest BCUT2D eigenvalue weighted by Gasteiger charge is -2.28. The minimum Gasteiger partial charge on any atom is -0.461 e. The van der Waals surface area contributed by atoms with Gasteiger partial charge in [-0.2, -0.15) is 0 Å². The van der Waals surface area contributed by atoms with Crippen LogP contribution in [0.4, 0.5) is 0 Å². The fourth-order valence-corrected chi connectivity index (χ4v) is 2.24. The van der Waals surface area contributed by atoms with Gasteiger partial charge in [0.2, 0.25) is 0 Å². The molecule has 2 N–H and O–H groups in total. The van der Waals surface area contributed by atoms with Gasteiger partial charge in [-0.25, -0.2) is 0 Å². The maximum absolute atomic E-state index is 11.8. The van der Waals surface area contributed by atoms with Crippen molar-refractivity contribution in [1.29, 1.82) is 0 Å². The standard InChI is InChI=1S/C12H18N2O2/c1-2-13-5-7-14(8-6-13)10-11(15)12-4-3-9-16-12/h3-4,9H,2,5-8,10H2,1H3/p+2. The SMILES string of the molecule is CC[NH+]1CC[NH+](CC(=O)c2ccco2)CC1. The Morgan fingerprint density at radius 1 is 1.31 bits per heavy atom. The quantitative estimate of drug-likeness (QED) is 0.596. The minimum atomic E-state index is 0.125. The molecule has 16 heavy (non-hydrogen) atoms. The molecule has 2 heterocycles. The predicted octanol–water partition coefficient (Wildman–Crippen LogP) is -1.73. The third-order valence-corrected chi connectivity index (χ3v) is 3.37. The highest BCUT2D eigenvalue weighted by molar-refractivity contribution is 5.94. The summed E-state index contributed by atoms with van der Waals surface area (Å²) < 4.78 is 5.11. The van der Waals surface area contributed by atoms with E-state index in [-0.39, 0.29) is 5.78 Å². The van der Waals surface area contributed by atoms with Gasteiger partial charge in [0.25, 0.3) is 5.78 Å². The topological polar surface area (TPSA) is 39.1 Å². The molecule has 0 spiro atoms. The van der Waals surface area contributed by atoms with Gasteiger partial charge in [-0.05, 0) is 19.1 Å². The number of rotatable bonds is 4. The van der Waals surface area contributed by atoms with Crippen LogP contribution in [0.3, 0.4) is 0 Å². The second-order valence-corrected chi connectivity index (χ2v) is 4.43. The number of quaternary nitrogens is 2. The van der Waals surface area contributed by atoms with Gasteiger partial charge in [0.1, 0.15) is 32.7 Å². The molecule has 2 rings (SSSR count). The second-order valence-electron chi connectivity index (χ2n) is 4.43. The van der Waals surface area contributed by atoms with Crippen molar-refractivity contribution in [3.63, 3.8) is 0 Å². The molecule has 4 nitrogen and oxygen atoms in total. The summed E-state index contributed by atoms with van der Waals surface area (Å²) in [6.45, 7) is 8.53. The van der Waals surface area contributed by atoms with Crippen molar-refractivity contribution in [3.8, 4) is 0 Å². The zero-order valence-electron chi connectivity index (χ0n) is 9.79. The first kappa shape index (κ1) is 11.4. The first-order chi connectivity index (χ1) is 7.79. The fraction of sp³-hybridized carbons (Fsp3) is 0.583. The van der Waals surface area contributed by atoms with E-state index in [0.717, 1.165) is 13.1 Å². The van der Waals surface area contributed by atoms with E-state index in [9.17, 15) is 4.79 Å². The summed E-state index contributed by atoms with van der Waals surface area (Å²) in [5, 5.41) is 0. The van der Waals surface area contributed by atoms with Crippen molar-refractivity contribution < 1.29 is 19.0 Å². The average Bonchev–Trinajstić information content (AvgIpc) is 2.83. The summed E-state index contributed by atoms with van der Waals surface area (Å²) in [7, 11) is 0. The molecule has 1 aliphatic heterocycles. The lowest BCUT2D eigenvalue weighted by Crippen LogP contribution is -3.28. The predicted molar refractivity (Wildman–Crippen MR) is 59.8 cm³/mol. The van der Waals surface area contributed by atoms with Crippen LogP contribution in [0.15, 0.2) is 22.8 Å². The van der Waals surface area contributed by atoms with Crippen LogP contribution in [0.1, 0.15) is 17.5 Å². The number of piperazine rings is 1. The normalized spacial score (nSPS) is 25.6. The maximum atomic E-state index is 11.8. The number of ketones is 1. The van der Waals surface area contributed by atoms with Gasteiger partial charge in [-0.1, -0.05) is 0 Å². The maximum Gasteiger partial charge on any atom is 0.251 e. The Kier molecular flexibility index (Phi) is 3.74. The summed E-state index contributed by atoms with van der Waals surface area (Å²) >= 11 is 0. The molecule has 0 bridgehead atoms. The van der Waals surface area contributed by atoms with Gasteiger partial charge < -0.3 is 14.2 Å². The summed E-state index contributed by atoms with van der Waals surface area (Å²) in [4.78, 5) is 14.8. The molecule has 1 saturated heterocycles. The second kappa shape index (κ2) is 5.27. The zero-order valence-corrected chi connectivity index (χ0v) is 9.79. The van der Waals surface area contributed by atoms with Crippen molar-refractivity contribution in [2.24, 2.45) is 0 Å². The minimum absolute atomic E-state index is 0.125. The van der Waals surface area contributed by atoms with Crippen LogP contribution >= 0.6 is 0 Å². The molecule has 0 unspecified atom stereocenters. The number of hydrogen-bond donors (Lipinski definition) is 2. The van der Waals surface area contributed by atoms with Crippen LogP contribution in [0.5, 0.6) is 0 Å². The largest absolute Gasteiger partial charge is 0.461 e. The van der Waals surface area contributed by atoms with E-state index >= 15 is 0 Å². The van der Waals surface area contributed by atoms with E-state index in [1.54, 1.807) is 23.3 Å². The van der Waals surface area contributed by atoms with Crippen molar-refractivity contribution in [3.05, 3.63) is 24.2 Å². The van der Waals surface area contributed by atoms with Crippen molar-refractivity contribution in [2.45, 2.75) is 6.92 Å². The average molecular weight is 224 g/mol. The molecule has 0 aromatic carbocycles. The smallest absolute Gasteiger partial charge is 0.251 e. The Morgan fingerprint density at radius 2 is 2.00 bits per heavy atom. The highest BCUT2D eigenvalue weighted by atomic mass is 16.3. The molecule has 0 saturated carbocycles. The van der Waals surface area contributed by atoms with Crippen molar-refractivity contribution in [1.82, 2.24) is 0 Å². The van der Waals surface area contributed by atoms with E-state index in [4.69, 9.17) is 4.42 Å². The van der Waals surface area contributed by atoms with Crippen molar-refractivity contribution >= 4 is 5.78 Å². The van der Waals surface area contributed by atoms with Crippen LogP contribution in [-0.4, -0.2) is 45.1 Å². The molecule has 0 atom stereocenters. The highest BCUT2D eigenvalue weighted by Gasteiger charge is 2.24. The van der Waals surface area contributed by atoms with Crippen LogP contribution in [0, 0.1) is 0 Å². The molecule has 4 heteroatoms. The first-order valence-corrected chi connectivity index (χ1v) is 6.03. The summed E-state index contributed by atoms with van der Waals surface area (Å²) in [6.07, 6.45) is 1.56. The molecular formula is C12H20N2O2+2.